The van der Waals surface area contributed by atoms with Crippen LogP contribution in [0.3, 0.4) is 0 Å². The van der Waals surface area contributed by atoms with Gasteiger partial charge in [-0.05, 0) is 61.0 Å². The van der Waals surface area contributed by atoms with E-state index in [1.165, 1.54) is 24.4 Å². The number of aryl methyl sites for hydroxylation is 1. The number of nitrogens with one attached hydrogen (secondary N) is 1. The zero-order chi connectivity index (χ0) is 25.4. The predicted molar refractivity (Wildman–Crippen MR) is 134 cm³/mol. The molecule has 3 rings (SSSR count). The molecule has 0 heterocycles. The molecule has 0 unspecified atom stereocenters. The first-order valence-electron chi connectivity index (χ1n) is 10.3. The lowest BCUT2D eigenvalue weighted by Crippen LogP contribution is -2.39. The molecular formula is C24H23ClN4O5S. The van der Waals surface area contributed by atoms with Gasteiger partial charge in [-0.2, -0.15) is 5.10 Å². The van der Waals surface area contributed by atoms with Crippen LogP contribution in [-0.2, 0) is 19.6 Å². The number of hydrazone groups is 1. The third-order valence-electron chi connectivity index (χ3n) is 4.68. The van der Waals surface area contributed by atoms with Crippen molar-refractivity contribution < 1.29 is 22.7 Å². The largest absolute Gasteiger partial charge is 0.484 e. The Morgan fingerprint density at radius 1 is 1.06 bits per heavy atom. The van der Waals surface area contributed by atoms with E-state index in [9.17, 15) is 18.0 Å². The van der Waals surface area contributed by atoms with E-state index in [1.807, 2.05) is 6.92 Å². The van der Waals surface area contributed by atoms with Gasteiger partial charge in [-0.1, -0.05) is 41.4 Å². The Labute approximate surface area is 208 Å². The van der Waals surface area contributed by atoms with Gasteiger partial charge in [0.25, 0.3) is 21.8 Å². The minimum atomic E-state index is -4.09. The number of hydrogen-bond acceptors (Lipinski definition) is 6. The first kappa shape index (κ1) is 25.7. The number of rotatable bonds is 10. The number of nitrogens with zero attached hydrogens (tertiary/aromatic N) is 2. The molecule has 3 aromatic rings. The summed E-state index contributed by atoms with van der Waals surface area (Å²) in [7, 11) is -4.09. The number of halogens is 1. The molecule has 0 aromatic heterocycles. The van der Waals surface area contributed by atoms with Crippen molar-refractivity contribution in [2.45, 2.75) is 11.8 Å². The molecule has 0 radical (unpaired) electrons. The number of carbonyl (C=O) groups excluding carboxylic acids is 2. The first-order chi connectivity index (χ1) is 16.7. The van der Waals surface area contributed by atoms with Gasteiger partial charge in [0.05, 0.1) is 21.8 Å². The number of primary amides is 1. The van der Waals surface area contributed by atoms with Crippen LogP contribution in [0, 0.1) is 6.92 Å². The third-order valence-corrected chi connectivity index (χ3v) is 6.77. The molecule has 0 aliphatic carbocycles. The number of sulfonamides is 1. The van der Waals surface area contributed by atoms with Gasteiger partial charge in [-0.25, -0.2) is 13.8 Å². The van der Waals surface area contributed by atoms with Crippen LogP contribution in [0.15, 0.2) is 82.8 Å². The van der Waals surface area contributed by atoms with Gasteiger partial charge in [0, 0.05) is 0 Å². The van der Waals surface area contributed by atoms with Gasteiger partial charge in [-0.15, -0.1) is 0 Å². The number of ether oxygens (including phenoxy) is 1. The molecule has 0 saturated heterocycles. The van der Waals surface area contributed by atoms with Crippen LogP contribution in [-0.4, -0.2) is 39.6 Å². The van der Waals surface area contributed by atoms with Crippen molar-refractivity contribution in [3.05, 3.63) is 88.9 Å². The van der Waals surface area contributed by atoms with Crippen LogP contribution in [0.1, 0.15) is 11.1 Å². The molecule has 0 spiro atoms. The van der Waals surface area contributed by atoms with Crippen molar-refractivity contribution in [2.75, 3.05) is 17.5 Å². The summed E-state index contributed by atoms with van der Waals surface area (Å²) in [5.74, 6) is -0.812. The van der Waals surface area contributed by atoms with E-state index in [0.717, 1.165) is 9.87 Å². The Kier molecular flexibility index (Phi) is 8.45. The molecular weight excluding hydrogens is 492 g/mol. The summed E-state index contributed by atoms with van der Waals surface area (Å²) in [4.78, 5) is 23.4. The predicted octanol–water partition coefficient (Wildman–Crippen LogP) is 2.86. The van der Waals surface area contributed by atoms with Crippen LogP contribution in [0.5, 0.6) is 5.75 Å². The highest BCUT2D eigenvalue weighted by molar-refractivity contribution is 7.92. The average molecular weight is 515 g/mol. The fourth-order valence-electron chi connectivity index (χ4n) is 2.94. The lowest BCUT2D eigenvalue weighted by Gasteiger charge is -2.24. The number of hydrogen-bond donors (Lipinski definition) is 2. The molecule has 0 bridgehead atoms. The monoisotopic (exact) mass is 514 g/mol. The lowest BCUT2D eigenvalue weighted by atomic mass is 10.2. The number of amides is 2. The number of anilines is 1. The van der Waals surface area contributed by atoms with Gasteiger partial charge >= 0.3 is 0 Å². The van der Waals surface area contributed by atoms with Gasteiger partial charge in [0.1, 0.15) is 12.3 Å². The maximum absolute atomic E-state index is 13.4. The second-order valence-corrected chi connectivity index (χ2v) is 9.66. The Bertz CT molecular complexity index is 1330. The third kappa shape index (κ3) is 7.05. The van der Waals surface area contributed by atoms with Gasteiger partial charge < -0.3 is 10.5 Å². The van der Waals surface area contributed by atoms with E-state index in [-0.39, 0.29) is 22.2 Å². The highest BCUT2D eigenvalue weighted by Gasteiger charge is 2.28. The molecule has 0 saturated carbocycles. The minimum Gasteiger partial charge on any atom is -0.484 e. The van der Waals surface area contributed by atoms with Crippen molar-refractivity contribution in [1.82, 2.24) is 5.43 Å². The Morgan fingerprint density at radius 2 is 1.71 bits per heavy atom. The molecule has 0 aliphatic heterocycles. The summed E-state index contributed by atoms with van der Waals surface area (Å²) in [5.41, 5.74) is 9.06. The van der Waals surface area contributed by atoms with E-state index in [1.54, 1.807) is 54.6 Å². The van der Waals surface area contributed by atoms with Crippen LogP contribution < -0.4 is 20.2 Å². The topological polar surface area (TPSA) is 131 Å². The maximum atomic E-state index is 13.4. The summed E-state index contributed by atoms with van der Waals surface area (Å²) >= 11 is 6.25. The molecule has 3 N–H and O–H groups in total. The lowest BCUT2D eigenvalue weighted by molar-refractivity contribution is -0.120. The summed E-state index contributed by atoms with van der Waals surface area (Å²) in [6, 6.07) is 19.2. The van der Waals surface area contributed by atoms with Gasteiger partial charge in [0.15, 0.2) is 6.61 Å². The van der Waals surface area contributed by atoms with Crippen molar-refractivity contribution in [3.63, 3.8) is 0 Å². The Morgan fingerprint density at radius 3 is 2.34 bits per heavy atom. The van der Waals surface area contributed by atoms with Crippen molar-refractivity contribution >= 4 is 45.3 Å². The quantitative estimate of drug-likeness (QED) is 0.317. The van der Waals surface area contributed by atoms with E-state index >= 15 is 0 Å². The molecule has 11 heteroatoms. The van der Waals surface area contributed by atoms with Crippen molar-refractivity contribution in [1.29, 1.82) is 0 Å². The van der Waals surface area contributed by atoms with Crippen molar-refractivity contribution in [2.24, 2.45) is 10.8 Å². The maximum Gasteiger partial charge on any atom is 0.264 e. The molecule has 2 amide bonds. The Balaban J connectivity index is 1.74. The first-order valence-corrected chi connectivity index (χ1v) is 12.2. The zero-order valence-corrected chi connectivity index (χ0v) is 20.3. The molecule has 0 atom stereocenters. The van der Waals surface area contributed by atoms with E-state index in [4.69, 9.17) is 22.1 Å². The fourth-order valence-corrected chi connectivity index (χ4v) is 4.67. The molecule has 182 valence electrons. The number of nitrogens with two attached hydrogens (primary N) is 1. The second-order valence-electron chi connectivity index (χ2n) is 7.39. The highest BCUT2D eigenvalue weighted by atomic mass is 35.5. The summed E-state index contributed by atoms with van der Waals surface area (Å²) in [6.45, 7) is 1.06. The normalized spacial score (nSPS) is 11.3. The SMILES string of the molecule is Cc1ccc(S(=O)(=O)N(CC(=O)N/N=C\c2ccc(OCC(N)=O)cc2)c2ccccc2Cl)cc1. The average Bonchev–Trinajstić information content (AvgIpc) is 2.83. The smallest absolute Gasteiger partial charge is 0.264 e. The molecule has 35 heavy (non-hydrogen) atoms. The fraction of sp³-hybridized carbons (Fsp3) is 0.125. The standard InChI is InChI=1S/C24H23ClN4O5S/c1-17-6-12-20(13-7-17)35(32,33)29(22-5-3-2-4-21(22)25)15-24(31)28-27-14-18-8-10-19(11-9-18)34-16-23(26)30/h2-14H,15-16H2,1H3,(H2,26,30)(H,28,31)/b27-14-. The van der Waals surface area contributed by atoms with Crippen LogP contribution in [0.25, 0.3) is 0 Å². The second kappa shape index (κ2) is 11.5. The van der Waals surface area contributed by atoms with E-state index in [0.29, 0.717) is 11.3 Å². The zero-order valence-electron chi connectivity index (χ0n) is 18.7. The molecule has 3 aromatic carbocycles. The number of carbonyl (C=O) groups is 2. The summed E-state index contributed by atoms with van der Waals surface area (Å²) < 4.78 is 32.8. The van der Waals surface area contributed by atoms with Crippen LogP contribution in [0.2, 0.25) is 5.02 Å². The number of benzene rings is 3. The van der Waals surface area contributed by atoms with Gasteiger partial charge in [-0.3, -0.25) is 13.9 Å². The molecule has 0 fully saturated rings. The van der Waals surface area contributed by atoms with E-state index in [2.05, 4.69) is 10.5 Å². The summed E-state index contributed by atoms with van der Waals surface area (Å²) in [5, 5.41) is 4.07. The van der Waals surface area contributed by atoms with Crippen molar-refractivity contribution in [3.8, 4) is 5.75 Å². The van der Waals surface area contributed by atoms with Crippen LogP contribution in [0.4, 0.5) is 5.69 Å². The van der Waals surface area contributed by atoms with Crippen LogP contribution >= 0.6 is 11.6 Å². The number of para-hydroxylation sites is 1. The highest BCUT2D eigenvalue weighted by Crippen LogP contribution is 2.30. The summed E-state index contributed by atoms with van der Waals surface area (Å²) in [6.07, 6.45) is 1.38. The van der Waals surface area contributed by atoms with E-state index < -0.39 is 28.4 Å². The minimum absolute atomic E-state index is 0.0259. The Hall–Kier alpha value is -3.89. The van der Waals surface area contributed by atoms with Gasteiger partial charge in [0.2, 0.25) is 0 Å². The molecule has 0 aliphatic rings. The molecule has 9 nitrogen and oxygen atoms in total.